The Morgan fingerprint density at radius 1 is 1.04 bits per heavy atom. The van der Waals surface area contributed by atoms with Gasteiger partial charge in [-0.1, -0.05) is 24.3 Å². The minimum Gasteiger partial charge on any atom is -0.454 e. The van der Waals surface area contributed by atoms with Crippen molar-refractivity contribution in [2.45, 2.75) is 13.0 Å². The smallest absolute Gasteiger partial charge is 0.313 e. The minimum atomic E-state index is -0.750. The highest BCUT2D eigenvalue weighted by molar-refractivity contribution is 6.39. The van der Waals surface area contributed by atoms with E-state index in [1.54, 1.807) is 25.1 Å². The van der Waals surface area contributed by atoms with Crippen LogP contribution in [0.4, 0.5) is 5.69 Å². The Kier molecular flexibility index (Phi) is 4.33. The minimum absolute atomic E-state index is 0.182. The SMILES string of the molecule is CC(NC(=O)C(=O)Nc1cnc2ccccc2c1)c1ccc2c(c1)OCO2. The van der Waals surface area contributed by atoms with Gasteiger partial charge in [-0.05, 0) is 36.8 Å². The average Bonchev–Trinajstić information content (AvgIpc) is 3.15. The van der Waals surface area contributed by atoms with Crippen molar-refractivity contribution >= 4 is 28.4 Å². The Labute approximate surface area is 155 Å². The molecule has 7 nitrogen and oxygen atoms in total. The monoisotopic (exact) mass is 363 g/mol. The molecule has 2 amide bonds. The van der Waals surface area contributed by atoms with Gasteiger partial charge in [0, 0.05) is 5.39 Å². The van der Waals surface area contributed by atoms with E-state index in [-0.39, 0.29) is 12.8 Å². The maximum absolute atomic E-state index is 12.2. The largest absolute Gasteiger partial charge is 0.454 e. The highest BCUT2D eigenvalue weighted by Crippen LogP contribution is 2.34. The Hall–Kier alpha value is -3.61. The van der Waals surface area contributed by atoms with Crippen LogP contribution in [0.25, 0.3) is 10.9 Å². The normalized spacial score (nSPS) is 13.2. The van der Waals surface area contributed by atoms with Crippen LogP contribution in [-0.2, 0) is 9.59 Å². The highest BCUT2D eigenvalue weighted by atomic mass is 16.7. The lowest BCUT2D eigenvalue weighted by Crippen LogP contribution is -2.36. The third-order valence-electron chi connectivity index (χ3n) is 4.30. The first kappa shape index (κ1) is 16.8. The average molecular weight is 363 g/mol. The molecule has 1 aliphatic rings. The molecule has 0 spiro atoms. The summed E-state index contributed by atoms with van der Waals surface area (Å²) in [5, 5.41) is 6.13. The van der Waals surface area contributed by atoms with E-state index in [9.17, 15) is 9.59 Å². The van der Waals surface area contributed by atoms with E-state index in [1.807, 2.05) is 30.3 Å². The summed E-state index contributed by atoms with van der Waals surface area (Å²) in [4.78, 5) is 28.7. The fourth-order valence-electron chi connectivity index (χ4n) is 2.86. The van der Waals surface area contributed by atoms with Crippen molar-refractivity contribution in [1.29, 1.82) is 0 Å². The number of anilines is 1. The number of amides is 2. The third kappa shape index (κ3) is 3.52. The van der Waals surface area contributed by atoms with E-state index < -0.39 is 11.8 Å². The molecule has 2 heterocycles. The number of hydrogen-bond acceptors (Lipinski definition) is 5. The molecule has 0 radical (unpaired) electrons. The van der Waals surface area contributed by atoms with E-state index in [4.69, 9.17) is 9.47 Å². The topological polar surface area (TPSA) is 89.6 Å². The van der Waals surface area contributed by atoms with Crippen molar-refractivity contribution in [2.24, 2.45) is 0 Å². The van der Waals surface area contributed by atoms with Crippen LogP contribution >= 0.6 is 0 Å². The number of nitrogens with one attached hydrogen (secondary N) is 2. The van der Waals surface area contributed by atoms with Crippen molar-refractivity contribution in [1.82, 2.24) is 10.3 Å². The summed E-state index contributed by atoms with van der Waals surface area (Å²) >= 11 is 0. The maximum Gasteiger partial charge on any atom is 0.313 e. The maximum atomic E-state index is 12.2. The van der Waals surface area contributed by atoms with Gasteiger partial charge >= 0.3 is 11.8 Å². The second-order valence-corrected chi connectivity index (χ2v) is 6.18. The van der Waals surface area contributed by atoms with Crippen molar-refractivity contribution in [3.8, 4) is 11.5 Å². The summed E-state index contributed by atoms with van der Waals surface area (Å²) in [6.45, 7) is 1.97. The number of para-hydroxylation sites is 1. The van der Waals surface area contributed by atoms with Crippen LogP contribution in [0.3, 0.4) is 0 Å². The summed E-state index contributed by atoms with van der Waals surface area (Å²) in [5.41, 5.74) is 2.09. The van der Waals surface area contributed by atoms with E-state index in [2.05, 4.69) is 15.6 Å². The molecule has 0 fully saturated rings. The number of pyridine rings is 1. The zero-order chi connectivity index (χ0) is 18.8. The Bertz CT molecular complexity index is 1030. The Morgan fingerprint density at radius 3 is 2.74 bits per heavy atom. The van der Waals surface area contributed by atoms with Crippen molar-refractivity contribution in [3.63, 3.8) is 0 Å². The number of benzene rings is 2. The molecule has 1 atom stereocenters. The van der Waals surface area contributed by atoms with Crippen molar-refractivity contribution in [2.75, 3.05) is 12.1 Å². The molecule has 7 heteroatoms. The molecule has 2 aromatic carbocycles. The van der Waals surface area contributed by atoms with E-state index in [0.717, 1.165) is 16.5 Å². The molecule has 136 valence electrons. The molecule has 0 bridgehead atoms. The van der Waals surface area contributed by atoms with Gasteiger partial charge in [-0.15, -0.1) is 0 Å². The zero-order valence-electron chi connectivity index (χ0n) is 14.6. The van der Waals surface area contributed by atoms with Crippen LogP contribution in [-0.4, -0.2) is 23.6 Å². The number of fused-ring (bicyclic) bond motifs is 2. The molecule has 2 N–H and O–H groups in total. The van der Waals surface area contributed by atoms with E-state index in [0.29, 0.717) is 17.2 Å². The molecule has 1 aliphatic heterocycles. The van der Waals surface area contributed by atoms with Gasteiger partial charge in [0.1, 0.15) is 0 Å². The number of carbonyl (C=O) groups is 2. The van der Waals surface area contributed by atoms with Crippen LogP contribution in [0.1, 0.15) is 18.5 Å². The molecule has 0 saturated carbocycles. The number of aromatic nitrogens is 1. The molecule has 4 rings (SSSR count). The lowest BCUT2D eigenvalue weighted by molar-refractivity contribution is -0.136. The third-order valence-corrected chi connectivity index (χ3v) is 4.30. The number of nitrogens with zero attached hydrogens (tertiary/aromatic N) is 1. The van der Waals surface area contributed by atoms with Gasteiger partial charge < -0.3 is 20.1 Å². The first-order valence-corrected chi connectivity index (χ1v) is 8.46. The number of hydrogen-bond donors (Lipinski definition) is 2. The van der Waals surface area contributed by atoms with Crippen molar-refractivity contribution in [3.05, 3.63) is 60.3 Å². The fourth-order valence-corrected chi connectivity index (χ4v) is 2.86. The summed E-state index contributed by atoms with van der Waals surface area (Å²) < 4.78 is 10.6. The lowest BCUT2D eigenvalue weighted by Gasteiger charge is -2.14. The van der Waals surface area contributed by atoms with Crippen LogP contribution in [0.5, 0.6) is 11.5 Å². The van der Waals surface area contributed by atoms with E-state index in [1.165, 1.54) is 6.20 Å². The van der Waals surface area contributed by atoms with E-state index >= 15 is 0 Å². The highest BCUT2D eigenvalue weighted by Gasteiger charge is 2.20. The Balaban J connectivity index is 1.41. The van der Waals surface area contributed by atoms with Crippen LogP contribution in [0, 0.1) is 0 Å². The molecular formula is C20H17N3O4. The first-order valence-electron chi connectivity index (χ1n) is 8.46. The zero-order valence-corrected chi connectivity index (χ0v) is 14.6. The van der Waals surface area contributed by atoms with Crippen molar-refractivity contribution < 1.29 is 19.1 Å². The fraction of sp³-hybridized carbons (Fsp3) is 0.150. The Morgan fingerprint density at radius 2 is 1.85 bits per heavy atom. The molecule has 1 unspecified atom stereocenters. The van der Waals surface area contributed by atoms with Gasteiger partial charge in [0.2, 0.25) is 6.79 Å². The van der Waals surface area contributed by atoms with Gasteiger partial charge in [-0.25, -0.2) is 0 Å². The summed E-state index contributed by atoms with van der Waals surface area (Å²) in [6.07, 6.45) is 1.52. The van der Waals surface area contributed by atoms with Gasteiger partial charge in [0.25, 0.3) is 0 Å². The number of ether oxygens (including phenoxy) is 2. The van der Waals surface area contributed by atoms with Crippen LogP contribution < -0.4 is 20.1 Å². The first-order chi connectivity index (χ1) is 13.1. The van der Waals surface area contributed by atoms with Crippen LogP contribution in [0.15, 0.2) is 54.7 Å². The molecule has 27 heavy (non-hydrogen) atoms. The number of carbonyl (C=O) groups excluding carboxylic acids is 2. The summed E-state index contributed by atoms with van der Waals surface area (Å²) in [7, 11) is 0. The molecule has 3 aromatic rings. The quantitative estimate of drug-likeness (QED) is 0.699. The lowest BCUT2D eigenvalue weighted by atomic mass is 10.1. The van der Waals surface area contributed by atoms with Gasteiger partial charge in [0.15, 0.2) is 11.5 Å². The van der Waals surface area contributed by atoms with Gasteiger partial charge in [-0.3, -0.25) is 14.6 Å². The van der Waals surface area contributed by atoms with Crippen LogP contribution in [0.2, 0.25) is 0 Å². The predicted molar refractivity (Wildman–Crippen MR) is 99.5 cm³/mol. The number of rotatable bonds is 3. The second-order valence-electron chi connectivity index (χ2n) is 6.18. The molecule has 0 saturated heterocycles. The van der Waals surface area contributed by atoms with Gasteiger partial charge in [-0.2, -0.15) is 0 Å². The summed E-state index contributed by atoms with van der Waals surface area (Å²) in [5.74, 6) is -0.188. The molecule has 0 aliphatic carbocycles. The summed E-state index contributed by atoms with van der Waals surface area (Å²) in [6, 6.07) is 14.3. The standard InChI is InChI=1S/C20H17N3O4/c1-12(13-6-7-17-18(9-13)27-11-26-17)22-19(24)20(25)23-15-8-14-4-2-3-5-16(14)21-10-15/h2-10,12H,11H2,1H3,(H,22,24)(H,23,25). The second kappa shape index (κ2) is 6.95. The molecular weight excluding hydrogens is 346 g/mol. The molecule has 1 aromatic heterocycles. The van der Waals surface area contributed by atoms with Gasteiger partial charge in [0.05, 0.1) is 23.4 Å². The predicted octanol–water partition coefficient (Wildman–Crippen LogP) is 2.78.